The first-order valence-electron chi connectivity index (χ1n) is 11.7. The Morgan fingerprint density at radius 2 is 1.80 bits per heavy atom. The third-order valence-electron chi connectivity index (χ3n) is 6.41. The number of hydrogen-bond donors (Lipinski definition) is 1. The molecule has 0 bridgehead atoms. The van der Waals surface area contributed by atoms with E-state index in [-0.39, 0.29) is 11.8 Å². The average molecular weight is 481 g/mol. The van der Waals surface area contributed by atoms with Crippen LogP contribution in [0, 0.1) is 12.8 Å². The van der Waals surface area contributed by atoms with E-state index < -0.39 is 0 Å². The fourth-order valence-corrected chi connectivity index (χ4v) is 4.43. The highest BCUT2D eigenvalue weighted by Crippen LogP contribution is 2.39. The number of likely N-dealkylation sites (tertiary alicyclic amines) is 1. The number of nitrogens with zero attached hydrogens (tertiary/aromatic N) is 3. The first-order chi connectivity index (χ1) is 17.0. The molecule has 0 unspecified atom stereocenters. The number of aromatic nitrogens is 2. The zero-order chi connectivity index (χ0) is 24.8. The summed E-state index contributed by atoms with van der Waals surface area (Å²) in [7, 11) is 4.72. The van der Waals surface area contributed by atoms with Crippen LogP contribution in [0.4, 0.5) is 0 Å². The van der Waals surface area contributed by atoms with Gasteiger partial charge in [0.1, 0.15) is 0 Å². The topological polar surface area (TPSA) is 99.0 Å². The number of hydrogen-bond acceptors (Lipinski definition) is 8. The van der Waals surface area contributed by atoms with Gasteiger partial charge in [0.05, 0.1) is 27.9 Å². The number of benzene rings is 2. The Labute approximate surface area is 205 Å². The maximum absolute atomic E-state index is 12.8. The molecule has 0 radical (unpaired) electrons. The van der Waals surface area contributed by atoms with Gasteiger partial charge in [0, 0.05) is 23.6 Å². The lowest BCUT2D eigenvalue weighted by atomic mass is 9.96. The van der Waals surface area contributed by atoms with Gasteiger partial charge in [-0.25, -0.2) is 0 Å². The second-order valence-electron chi connectivity index (χ2n) is 8.59. The average Bonchev–Trinajstić information content (AvgIpc) is 3.35. The molecular weight excluding hydrogens is 448 g/mol. The zero-order valence-corrected chi connectivity index (χ0v) is 20.7. The van der Waals surface area contributed by atoms with Crippen LogP contribution in [0.15, 0.2) is 40.9 Å². The fraction of sp³-hybridized carbons (Fsp3) is 0.423. The van der Waals surface area contributed by atoms with Gasteiger partial charge in [-0.15, -0.1) is 0 Å². The Kier molecular flexibility index (Phi) is 7.87. The SMILES string of the molecule is COc1ccc(CNC(=O)C2CCN(Cc3nc(-c4ccccc4C)no3)CC2)c(OC)c1OC. The fourth-order valence-electron chi connectivity index (χ4n) is 4.43. The van der Waals surface area contributed by atoms with Crippen molar-refractivity contribution >= 4 is 5.91 Å². The van der Waals surface area contributed by atoms with Gasteiger partial charge < -0.3 is 24.1 Å². The summed E-state index contributed by atoms with van der Waals surface area (Å²) in [5.74, 6) is 2.86. The van der Waals surface area contributed by atoms with Gasteiger partial charge in [-0.2, -0.15) is 4.98 Å². The Hall–Kier alpha value is -3.59. The summed E-state index contributed by atoms with van der Waals surface area (Å²) in [5, 5.41) is 7.19. The molecule has 0 atom stereocenters. The van der Waals surface area contributed by atoms with Crippen LogP contribution >= 0.6 is 0 Å². The molecule has 4 rings (SSSR count). The number of ether oxygens (including phenoxy) is 3. The van der Waals surface area contributed by atoms with Gasteiger partial charge in [-0.1, -0.05) is 29.4 Å². The van der Waals surface area contributed by atoms with E-state index in [4.69, 9.17) is 18.7 Å². The van der Waals surface area contributed by atoms with E-state index in [2.05, 4.69) is 20.4 Å². The summed E-state index contributed by atoms with van der Waals surface area (Å²) in [6.45, 7) is 4.55. The minimum absolute atomic E-state index is 0.0393. The number of methoxy groups -OCH3 is 3. The van der Waals surface area contributed by atoms with Gasteiger partial charge in [0.15, 0.2) is 11.5 Å². The van der Waals surface area contributed by atoms with Crippen molar-refractivity contribution in [3.05, 3.63) is 53.4 Å². The lowest BCUT2D eigenvalue weighted by Crippen LogP contribution is -2.40. The van der Waals surface area contributed by atoms with E-state index in [1.54, 1.807) is 21.3 Å². The van der Waals surface area contributed by atoms with E-state index in [1.165, 1.54) is 0 Å². The standard InChI is InChI=1S/C26H32N4O5/c1-17-7-5-6-8-20(17)25-28-22(35-29-25)16-30-13-11-18(12-14-30)26(31)27-15-19-9-10-21(32-2)24(34-4)23(19)33-3/h5-10,18H,11-16H2,1-4H3,(H,27,31). The van der Waals surface area contributed by atoms with Crippen molar-refractivity contribution in [2.24, 2.45) is 5.92 Å². The van der Waals surface area contributed by atoms with Crippen LogP contribution in [0.5, 0.6) is 17.2 Å². The van der Waals surface area contributed by atoms with Crippen molar-refractivity contribution < 1.29 is 23.5 Å². The maximum Gasteiger partial charge on any atom is 0.241 e. The first-order valence-corrected chi connectivity index (χ1v) is 11.7. The smallest absolute Gasteiger partial charge is 0.241 e. The molecule has 3 aromatic rings. The summed E-state index contributed by atoms with van der Waals surface area (Å²) >= 11 is 0. The number of nitrogens with one attached hydrogen (secondary N) is 1. The highest BCUT2D eigenvalue weighted by molar-refractivity contribution is 5.79. The van der Waals surface area contributed by atoms with Gasteiger partial charge >= 0.3 is 0 Å². The molecule has 1 N–H and O–H groups in total. The van der Waals surface area contributed by atoms with Crippen LogP contribution in [0.25, 0.3) is 11.4 Å². The molecular formula is C26H32N4O5. The summed E-state index contributed by atoms with van der Waals surface area (Å²) in [4.78, 5) is 19.7. The maximum atomic E-state index is 12.8. The highest BCUT2D eigenvalue weighted by Gasteiger charge is 2.26. The number of aryl methyl sites for hydroxylation is 1. The van der Waals surface area contributed by atoms with E-state index in [1.807, 2.05) is 43.3 Å². The summed E-state index contributed by atoms with van der Waals surface area (Å²) in [6, 6.07) is 11.7. The van der Waals surface area contributed by atoms with Crippen LogP contribution in [-0.2, 0) is 17.9 Å². The second-order valence-corrected chi connectivity index (χ2v) is 8.59. The van der Waals surface area contributed by atoms with Crippen molar-refractivity contribution in [2.45, 2.75) is 32.9 Å². The summed E-state index contributed by atoms with van der Waals surface area (Å²) < 4.78 is 21.7. The quantitative estimate of drug-likeness (QED) is 0.496. The molecule has 9 heteroatoms. The molecule has 0 aliphatic carbocycles. The van der Waals surface area contributed by atoms with Crippen LogP contribution in [-0.4, -0.2) is 55.4 Å². The summed E-state index contributed by atoms with van der Waals surface area (Å²) in [5.41, 5.74) is 2.91. The van der Waals surface area contributed by atoms with Crippen molar-refractivity contribution in [1.82, 2.24) is 20.4 Å². The van der Waals surface area contributed by atoms with Crippen molar-refractivity contribution in [2.75, 3.05) is 34.4 Å². The molecule has 9 nitrogen and oxygen atoms in total. The normalized spacial score (nSPS) is 14.5. The zero-order valence-electron chi connectivity index (χ0n) is 20.7. The predicted octanol–water partition coefficient (Wildman–Crippen LogP) is 3.60. The van der Waals surface area contributed by atoms with Crippen LogP contribution < -0.4 is 19.5 Å². The molecule has 2 heterocycles. The number of carbonyl (C=O) groups is 1. The molecule has 35 heavy (non-hydrogen) atoms. The Morgan fingerprint density at radius 3 is 2.49 bits per heavy atom. The number of piperidine rings is 1. The van der Waals surface area contributed by atoms with E-state index in [0.717, 1.165) is 42.6 Å². The van der Waals surface area contributed by atoms with Crippen LogP contribution in [0.1, 0.15) is 29.9 Å². The molecule has 1 aliphatic heterocycles. The van der Waals surface area contributed by atoms with Crippen LogP contribution in [0.3, 0.4) is 0 Å². The van der Waals surface area contributed by atoms with E-state index >= 15 is 0 Å². The third kappa shape index (κ3) is 5.57. The molecule has 0 saturated carbocycles. The minimum atomic E-state index is -0.0393. The molecule has 186 valence electrons. The second kappa shape index (κ2) is 11.2. The Morgan fingerprint density at radius 1 is 1.06 bits per heavy atom. The molecule has 1 aromatic heterocycles. The Balaban J connectivity index is 1.29. The minimum Gasteiger partial charge on any atom is -0.493 e. The van der Waals surface area contributed by atoms with Gasteiger partial charge in [0.2, 0.25) is 23.4 Å². The largest absolute Gasteiger partial charge is 0.493 e. The first kappa shape index (κ1) is 24.5. The predicted molar refractivity (Wildman–Crippen MR) is 130 cm³/mol. The molecule has 1 amide bonds. The number of rotatable bonds is 9. The van der Waals surface area contributed by atoms with Crippen molar-refractivity contribution in [1.29, 1.82) is 0 Å². The van der Waals surface area contributed by atoms with Gasteiger partial charge in [-0.3, -0.25) is 9.69 Å². The molecule has 0 spiro atoms. The van der Waals surface area contributed by atoms with Crippen molar-refractivity contribution in [3.63, 3.8) is 0 Å². The van der Waals surface area contributed by atoms with Gasteiger partial charge in [0.25, 0.3) is 0 Å². The molecule has 1 fully saturated rings. The van der Waals surface area contributed by atoms with E-state index in [0.29, 0.717) is 42.1 Å². The lowest BCUT2D eigenvalue weighted by Gasteiger charge is -2.30. The van der Waals surface area contributed by atoms with Gasteiger partial charge in [-0.05, 0) is 50.6 Å². The third-order valence-corrected chi connectivity index (χ3v) is 6.41. The lowest BCUT2D eigenvalue weighted by molar-refractivity contribution is -0.126. The van der Waals surface area contributed by atoms with E-state index in [9.17, 15) is 4.79 Å². The van der Waals surface area contributed by atoms with Crippen molar-refractivity contribution in [3.8, 4) is 28.6 Å². The van der Waals surface area contributed by atoms with Crippen LogP contribution in [0.2, 0.25) is 0 Å². The molecule has 1 saturated heterocycles. The molecule has 2 aromatic carbocycles. The highest BCUT2D eigenvalue weighted by atomic mass is 16.5. The number of amides is 1. The Bertz CT molecular complexity index is 1150. The monoisotopic (exact) mass is 480 g/mol. The number of carbonyl (C=O) groups excluding carboxylic acids is 1. The molecule has 1 aliphatic rings. The summed E-state index contributed by atoms with van der Waals surface area (Å²) in [6.07, 6.45) is 1.54.